The van der Waals surface area contributed by atoms with E-state index in [1.807, 2.05) is 13.8 Å². The van der Waals surface area contributed by atoms with Crippen LogP contribution in [0.25, 0.3) is 0 Å². The molecule has 2 saturated carbocycles. The molecule has 2 fully saturated rings. The summed E-state index contributed by atoms with van der Waals surface area (Å²) < 4.78 is 11.5. The molecule has 0 saturated heterocycles. The Hall–Kier alpha value is -0.0800. The second-order valence-corrected chi connectivity index (χ2v) is 7.88. The molecule has 0 spiro atoms. The van der Waals surface area contributed by atoms with Crippen molar-refractivity contribution in [3.63, 3.8) is 0 Å². The van der Waals surface area contributed by atoms with Crippen LogP contribution in [0, 0.1) is 22.7 Å². The second-order valence-electron chi connectivity index (χ2n) is 7.88. The van der Waals surface area contributed by atoms with Gasteiger partial charge in [-0.3, -0.25) is 0 Å². The van der Waals surface area contributed by atoms with Crippen molar-refractivity contribution in [2.75, 3.05) is 13.2 Å². The van der Waals surface area contributed by atoms with Crippen molar-refractivity contribution in [3.8, 4) is 0 Å². The van der Waals surface area contributed by atoms with Crippen molar-refractivity contribution in [3.05, 3.63) is 0 Å². The summed E-state index contributed by atoms with van der Waals surface area (Å²) in [5.41, 5.74) is 0.989. The Labute approximate surface area is 125 Å². The molecule has 0 bridgehead atoms. The third kappa shape index (κ3) is 3.22. The number of hydrogen-bond acceptors (Lipinski definition) is 2. The van der Waals surface area contributed by atoms with E-state index in [9.17, 15) is 0 Å². The Bertz CT molecular complexity index is 313. The van der Waals surface area contributed by atoms with E-state index in [-0.39, 0.29) is 6.29 Å². The first-order valence-corrected chi connectivity index (χ1v) is 8.63. The fourth-order valence-corrected chi connectivity index (χ4v) is 5.08. The lowest BCUT2D eigenvalue weighted by Gasteiger charge is -2.57. The summed E-state index contributed by atoms with van der Waals surface area (Å²) in [6, 6.07) is 0. The predicted octanol–water partition coefficient (Wildman–Crippen LogP) is 5.02. The first kappa shape index (κ1) is 16.3. The minimum atomic E-state index is -0.0550. The van der Waals surface area contributed by atoms with Crippen LogP contribution in [0.1, 0.15) is 73.1 Å². The average molecular weight is 282 g/mol. The zero-order chi connectivity index (χ0) is 14.8. The maximum absolute atomic E-state index is 5.98. The molecule has 2 heteroatoms. The van der Waals surface area contributed by atoms with Crippen molar-refractivity contribution in [1.82, 2.24) is 0 Å². The molecule has 20 heavy (non-hydrogen) atoms. The molecule has 4 atom stereocenters. The van der Waals surface area contributed by atoms with Crippen molar-refractivity contribution >= 4 is 0 Å². The summed E-state index contributed by atoms with van der Waals surface area (Å²) in [6.07, 6.45) is 8.25. The standard InChI is InChI=1S/C18H34O2/c1-6-19-14(2)20-13-15-9-7-10-16-17(3,4)11-8-12-18(15,16)5/h14-16H,6-13H2,1-5H3/t14?,15-,16+,18-/m1/s1. The quantitative estimate of drug-likeness (QED) is 0.659. The highest BCUT2D eigenvalue weighted by Crippen LogP contribution is 2.59. The SMILES string of the molecule is CCOC(C)OC[C@H]1CCC[C@H]2C(C)(C)CCC[C@]12C. The van der Waals surface area contributed by atoms with Gasteiger partial charge in [0.25, 0.3) is 0 Å². The van der Waals surface area contributed by atoms with Gasteiger partial charge in [0.15, 0.2) is 6.29 Å². The highest BCUT2D eigenvalue weighted by molar-refractivity contribution is 5.01. The predicted molar refractivity (Wildman–Crippen MR) is 83.6 cm³/mol. The largest absolute Gasteiger partial charge is 0.353 e. The fraction of sp³-hybridized carbons (Fsp3) is 1.00. The maximum atomic E-state index is 5.98. The van der Waals surface area contributed by atoms with Crippen LogP contribution in [-0.4, -0.2) is 19.5 Å². The molecule has 0 heterocycles. The fourth-order valence-electron chi connectivity index (χ4n) is 5.08. The summed E-state index contributed by atoms with van der Waals surface area (Å²) in [5.74, 6) is 1.58. The Kier molecular flexibility index (Phi) is 5.18. The smallest absolute Gasteiger partial charge is 0.154 e. The van der Waals surface area contributed by atoms with Gasteiger partial charge in [-0.1, -0.05) is 33.6 Å². The van der Waals surface area contributed by atoms with Gasteiger partial charge in [0.1, 0.15) is 0 Å². The Morgan fingerprint density at radius 3 is 2.50 bits per heavy atom. The Morgan fingerprint density at radius 2 is 1.80 bits per heavy atom. The first-order valence-electron chi connectivity index (χ1n) is 8.63. The van der Waals surface area contributed by atoms with E-state index in [0.717, 1.165) is 19.1 Å². The van der Waals surface area contributed by atoms with Crippen LogP contribution in [0.4, 0.5) is 0 Å². The van der Waals surface area contributed by atoms with Crippen molar-refractivity contribution in [2.45, 2.75) is 79.4 Å². The third-order valence-electron chi connectivity index (χ3n) is 6.19. The van der Waals surface area contributed by atoms with Gasteiger partial charge < -0.3 is 9.47 Å². The van der Waals surface area contributed by atoms with Crippen LogP contribution in [-0.2, 0) is 9.47 Å². The van der Waals surface area contributed by atoms with Gasteiger partial charge in [-0.05, 0) is 62.2 Å². The van der Waals surface area contributed by atoms with Crippen LogP contribution in [0.5, 0.6) is 0 Å². The summed E-state index contributed by atoms with van der Waals surface area (Å²) in [7, 11) is 0. The molecule has 2 nitrogen and oxygen atoms in total. The van der Waals surface area contributed by atoms with Crippen LogP contribution in [0.3, 0.4) is 0 Å². The zero-order valence-electron chi connectivity index (χ0n) is 14.2. The number of rotatable bonds is 5. The minimum Gasteiger partial charge on any atom is -0.353 e. The molecule has 0 N–H and O–H groups in total. The minimum absolute atomic E-state index is 0.0550. The van der Waals surface area contributed by atoms with E-state index >= 15 is 0 Å². The lowest BCUT2D eigenvalue weighted by Crippen LogP contribution is -2.50. The Morgan fingerprint density at radius 1 is 1.05 bits per heavy atom. The summed E-state index contributed by atoms with van der Waals surface area (Å²) in [5, 5.41) is 0. The van der Waals surface area contributed by atoms with Gasteiger partial charge in [-0.15, -0.1) is 0 Å². The molecule has 2 aliphatic carbocycles. The van der Waals surface area contributed by atoms with Gasteiger partial charge in [-0.2, -0.15) is 0 Å². The number of hydrogen-bond donors (Lipinski definition) is 0. The average Bonchev–Trinajstić information content (AvgIpc) is 2.36. The van der Waals surface area contributed by atoms with E-state index in [4.69, 9.17) is 9.47 Å². The van der Waals surface area contributed by atoms with Gasteiger partial charge in [0.05, 0.1) is 6.61 Å². The van der Waals surface area contributed by atoms with E-state index in [0.29, 0.717) is 16.7 Å². The molecule has 0 aromatic rings. The molecular weight excluding hydrogens is 248 g/mol. The van der Waals surface area contributed by atoms with Crippen LogP contribution < -0.4 is 0 Å². The molecule has 0 aromatic carbocycles. The lowest BCUT2D eigenvalue weighted by atomic mass is 9.48. The summed E-state index contributed by atoms with van der Waals surface area (Å²) >= 11 is 0. The topological polar surface area (TPSA) is 18.5 Å². The highest BCUT2D eigenvalue weighted by atomic mass is 16.7. The summed E-state index contributed by atoms with van der Waals surface area (Å²) in [4.78, 5) is 0. The zero-order valence-corrected chi connectivity index (χ0v) is 14.2. The van der Waals surface area contributed by atoms with Crippen molar-refractivity contribution in [2.24, 2.45) is 22.7 Å². The van der Waals surface area contributed by atoms with E-state index in [2.05, 4.69) is 20.8 Å². The van der Waals surface area contributed by atoms with Gasteiger partial charge in [0, 0.05) is 6.61 Å². The molecule has 0 aliphatic heterocycles. The van der Waals surface area contributed by atoms with Crippen LogP contribution in [0.15, 0.2) is 0 Å². The highest BCUT2D eigenvalue weighted by Gasteiger charge is 2.51. The Balaban J connectivity index is 2.02. The van der Waals surface area contributed by atoms with Gasteiger partial charge >= 0.3 is 0 Å². The second kappa shape index (κ2) is 6.36. The number of ether oxygens (including phenoxy) is 2. The van der Waals surface area contributed by atoms with Gasteiger partial charge in [0.2, 0.25) is 0 Å². The molecule has 2 aliphatic rings. The van der Waals surface area contributed by atoms with Gasteiger partial charge in [-0.25, -0.2) is 0 Å². The molecule has 0 aromatic heterocycles. The molecule has 118 valence electrons. The van der Waals surface area contributed by atoms with E-state index in [1.54, 1.807) is 0 Å². The van der Waals surface area contributed by atoms with E-state index < -0.39 is 0 Å². The van der Waals surface area contributed by atoms with E-state index in [1.165, 1.54) is 38.5 Å². The molecule has 0 radical (unpaired) electrons. The monoisotopic (exact) mass is 282 g/mol. The summed E-state index contributed by atoms with van der Waals surface area (Å²) in [6.45, 7) is 13.2. The maximum Gasteiger partial charge on any atom is 0.154 e. The van der Waals surface area contributed by atoms with Crippen molar-refractivity contribution < 1.29 is 9.47 Å². The van der Waals surface area contributed by atoms with Crippen LogP contribution in [0.2, 0.25) is 0 Å². The number of fused-ring (bicyclic) bond motifs is 1. The molecule has 1 unspecified atom stereocenters. The third-order valence-corrected chi connectivity index (χ3v) is 6.19. The molecule has 2 rings (SSSR count). The van der Waals surface area contributed by atoms with Crippen LogP contribution >= 0.6 is 0 Å². The van der Waals surface area contributed by atoms with Crippen molar-refractivity contribution in [1.29, 1.82) is 0 Å². The lowest BCUT2D eigenvalue weighted by molar-refractivity contribution is -0.164. The normalized spacial score (nSPS) is 38.2. The molecular formula is C18H34O2. The molecule has 0 amide bonds. The first-order chi connectivity index (χ1) is 9.40.